The number of benzene rings is 1. The fourth-order valence-electron chi connectivity index (χ4n) is 1.97. The number of nitrogens with zero attached hydrogens (tertiary/aromatic N) is 2. The van der Waals surface area contributed by atoms with Gasteiger partial charge in [0.15, 0.2) is 0 Å². The lowest BCUT2D eigenvalue weighted by Gasteiger charge is -2.20. The number of likely N-dealkylation sites (N-methyl/N-ethyl adjacent to an activating group) is 1. The van der Waals surface area contributed by atoms with Crippen LogP contribution in [0.4, 0.5) is 5.69 Å². The molecule has 2 rings (SSSR count). The van der Waals surface area contributed by atoms with Gasteiger partial charge in [-0.3, -0.25) is 9.88 Å². The third kappa shape index (κ3) is 4.24. The highest BCUT2D eigenvalue weighted by Gasteiger charge is 2.05. The summed E-state index contributed by atoms with van der Waals surface area (Å²) in [5.41, 5.74) is 7.60. The lowest BCUT2D eigenvalue weighted by Crippen LogP contribution is -2.28. The number of ether oxygens (including phenoxy) is 1. The molecule has 1 aromatic heterocycles. The SMILES string of the molecule is CCN(CCOc1ccccc1N)Cc1ccccn1. The van der Waals surface area contributed by atoms with Gasteiger partial charge < -0.3 is 10.5 Å². The number of anilines is 1. The van der Waals surface area contributed by atoms with Crippen molar-refractivity contribution in [3.8, 4) is 5.75 Å². The zero-order chi connectivity index (χ0) is 14.2. The van der Waals surface area contributed by atoms with Crippen LogP contribution in [0.1, 0.15) is 12.6 Å². The molecule has 0 aliphatic carbocycles. The van der Waals surface area contributed by atoms with E-state index in [1.54, 1.807) is 0 Å². The van der Waals surface area contributed by atoms with Gasteiger partial charge in [0.25, 0.3) is 0 Å². The summed E-state index contributed by atoms with van der Waals surface area (Å²) in [6, 6.07) is 13.6. The maximum absolute atomic E-state index is 5.84. The van der Waals surface area contributed by atoms with Gasteiger partial charge >= 0.3 is 0 Å². The molecular weight excluding hydrogens is 250 g/mol. The summed E-state index contributed by atoms with van der Waals surface area (Å²) in [4.78, 5) is 6.64. The van der Waals surface area contributed by atoms with Crippen LogP contribution >= 0.6 is 0 Å². The van der Waals surface area contributed by atoms with Crippen molar-refractivity contribution in [1.82, 2.24) is 9.88 Å². The molecule has 0 unspecified atom stereocenters. The van der Waals surface area contributed by atoms with Crippen LogP contribution < -0.4 is 10.5 Å². The smallest absolute Gasteiger partial charge is 0.142 e. The standard InChI is InChI=1S/C16H21N3O/c1-2-19(13-14-7-5-6-10-18-14)11-12-20-16-9-4-3-8-15(16)17/h3-10H,2,11-13,17H2,1H3. The molecule has 0 bridgehead atoms. The molecule has 106 valence electrons. The average molecular weight is 271 g/mol. The summed E-state index contributed by atoms with van der Waals surface area (Å²) in [7, 11) is 0. The van der Waals surface area contributed by atoms with Crippen molar-refractivity contribution in [3.05, 3.63) is 54.4 Å². The van der Waals surface area contributed by atoms with Gasteiger partial charge in [-0.05, 0) is 30.8 Å². The molecule has 20 heavy (non-hydrogen) atoms. The third-order valence-electron chi connectivity index (χ3n) is 3.14. The Morgan fingerprint density at radius 1 is 1.15 bits per heavy atom. The van der Waals surface area contributed by atoms with Crippen molar-refractivity contribution >= 4 is 5.69 Å². The Hall–Kier alpha value is -2.07. The van der Waals surface area contributed by atoms with E-state index in [0.29, 0.717) is 12.3 Å². The summed E-state index contributed by atoms with van der Waals surface area (Å²) in [5.74, 6) is 0.751. The topological polar surface area (TPSA) is 51.4 Å². The van der Waals surface area contributed by atoms with Crippen molar-refractivity contribution in [2.45, 2.75) is 13.5 Å². The first-order chi connectivity index (χ1) is 9.79. The second-order valence-corrected chi connectivity index (χ2v) is 4.58. The summed E-state index contributed by atoms with van der Waals surface area (Å²) in [6.07, 6.45) is 1.82. The predicted octanol–water partition coefficient (Wildman–Crippen LogP) is 2.56. The minimum absolute atomic E-state index is 0.620. The molecule has 0 aliphatic heterocycles. The van der Waals surface area contributed by atoms with Gasteiger partial charge in [0.2, 0.25) is 0 Å². The van der Waals surface area contributed by atoms with Crippen LogP contribution in [0.5, 0.6) is 5.75 Å². The van der Waals surface area contributed by atoms with E-state index in [-0.39, 0.29) is 0 Å². The molecule has 0 atom stereocenters. The number of hydrogen-bond donors (Lipinski definition) is 1. The largest absolute Gasteiger partial charge is 0.490 e. The van der Waals surface area contributed by atoms with E-state index >= 15 is 0 Å². The molecule has 0 radical (unpaired) electrons. The van der Waals surface area contributed by atoms with Gasteiger partial charge in [-0.25, -0.2) is 0 Å². The summed E-state index contributed by atoms with van der Waals surface area (Å²) < 4.78 is 5.72. The molecule has 4 heteroatoms. The van der Waals surface area contributed by atoms with Crippen molar-refractivity contribution in [1.29, 1.82) is 0 Å². The van der Waals surface area contributed by atoms with Gasteiger partial charge in [0, 0.05) is 19.3 Å². The van der Waals surface area contributed by atoms with E-state index in [2.05, 4.69) is 16.8 Å². The highest BCUT2D eigenvalue weighted by molar-refractivity contribution is 5.51. The van der Waals surface area contributed by atoms with E-state index in [9.17, 15) is 0 Å². The van der Waals surface area contributed by atoms with Crippen molar-refractivity contribution < 1.29 is 4.74 Å². The van der Waals surface area contributed by atoms with E-state index in [1.807, 2.05) is 48.7 Å². The zero-order valence-electron chi connectivity index (χ0n) is 11.8. The molecule has 0 spiro atoms. The van der Waals surface area contributed by atoms with Gasteiger partial charge in [-0.2, -0.15) is 0 Å². The monoisotopic (exact) mass is 271 g/mol. The van der Waals surface area contributed by atoms with Crippen LogP contribution in [0.25, 0.3) is 0 Å². The fourth-order valence-corrected chi connectivity index (χ4v) is 1.97. The number of rotatable bonds is 7. The van der Waals surface area contributed by atoms with Crippen LogP contribution in [0.2, 0.25) is 0 Å². The normalized spacial score (nSPS) is 10.7. The van der Waals surface area contributed by atoms with Gasteiger partial charge in [0.05, 0.1) is 11.4 Å². The third-order valence-corrected chi connectivity index (χ3v) is 3.14. The Bertz CT molecular complexity index is 516. The molecule has 2 aromatic rings. The number of aromatic nitrogens is 1. The van der Waals surface area contributed by atoms with Gasteiger partial charge in [-0.15, -0.1) is 0 Å². The first-order valence-electron chi connectivity index (χ1n) is 6.89. The second kappa shape index (κ2) is 7.50. The Morgan fingerprint density at radius 2 is 1.95 bits per heavy atom. The van der Waals surface area contributed by atoms with Crippen LogP contribution in [-0.4, -0.2) is 29.6 Å². The Labute approximate surface area is 120 Å². The van der Waals surface area contributed by atoms with E-state index in [0.717, 1.165) is 31.1 Å². The highest BCUT2D eigenvalue weighted by Crippen LogP contribution is 2.19. The second-order valence-electron chi connectivity index (χ2n) is 4.58. The van der Waals surface area contributed by atoms with Crippen LogP contribution in [0.3, 0.4) is 0 Å². The highest BCUT2D eigenvalue weighted by atomic mass is 16.5. The molecule has 0 aliphatic rings. The average Bonchev–Trinajstić information content (AvgIpc) is 2.49. The molecule has 4 nitrogen and oxygen atoms in total. The van der Waals surface area contributed by atoms with Crippen molar-refractivity contribution in [2.24, 2.45) is 0 Å². The summed E-state index contributed by atoms with van der Waals surface area (Å²) in [6.45, 7) is 5.41. The zero-order valence-corrected chi connectivity index (χ0v) is 11.8. The molecular formula is C16H21N3O. The molecule has 0 saturated carbocycles. The fraction of sp³-hybridized carbons (Fsp3) is 0.312. The Balaban J connectivity index is 1.81. The quantitative estimate of drug-likeness (QED) is 0.786. The van der Waals surface area contributed by atoms with E-state index in [4.69, 9.17) is 10.5 Å². The van der Waals surface area contributed by atoms with E-state index < -0.39 is 0 Å². The van der Waals surface area contributed by atoms with Crippen molar-refractivity contribution in [2.75, 3.05) is 25.4 Å². The predicted molar refractivity (Wildman–Crippen MR) is 81.5 cm³/mol. The maximum Gasteiger partial charge on any atom is 0.142 e. The van der Waals surface area contributed by atoms with Gasteiger partial charge in [-0.1, -0.05) is 25.1 Å². The first-order valence-corrected chi connectivity index (χ1v) is 6.89. The molecule has 1 aromatic carbocycles. The molecule has 1 heterocycles. The molecule has 2 N–H and O–H groups in total. The molecule has 0 saturated heterocycles. The van der Waals surface area contributed by atoms with Crippen LogP contribution in [0, 0.1) is 0 Å². The van der Waals surface area contributed by atoms with E-state index in [1.165, 1.54) is 0 Å². The lowest BCUT2D eigenvalue weighted by molar-refractivity contribution is 0.209. The minimum Gasteiger partial charge on any atom is -0.490 e. The van der Waals surface area contributed by atoms with Crippen LogP contribution in [0.15, 0.2) is 48.7 Å². The first kappa shape index (κ1) is 14.3. The number of hydrogen-bond acceptors (Lipinski definition) is 4. The van der Waals surface area contributed by atoms with Crippen LogP contribution in [-0.2, 0) is 6.54 Å². The Kier molecular flexibility index (Phi) is 5.38. The number of para-hydroxylation sites is 2. The lowest BCUT2D eigenvalue weighted by atomic mass is 10.3. The van der Waals surface area contributed by atoms with Gasteiger partial charge in [0.1, 0.15) is 12.4 Å². The summed E-state index contributed by atoms with van der Waals surface area (Å²) in [5, 5.41) is 0. The maximum atomic E-state index is 5.84. The number of pyridine rings is 1. The molecule has 0 fully saturated rings. The summed E-state index contributed by atoms with van der Waals surface area (Å²) >= 11 is 0. The van der Waals surface area contributed by atoms with Crippen molar-refractivity contribution in [3.63, 3.8) is 0 Å². The molecule has 0 amide bonds. The number of nitrogens with two attached hydrogens (primary N) is 1. The number of nitrogen functional groups attached to an aromatic ring is 1. The minimum atomic E-state index is 0.620. The Morgan fingerprint density at radius 3 is 2.65 bits per heavy atom.